The Labute approximate surface area is 114 Å². The average Bonchev–Trinajstić information content (AvgIpc) is 2.40. The molecule has 0 aliphatic carbocycles. The molecule has 5 nitrogen and oxygen atoms in total. The Bertz CT molecular complexity index is 612. The van der Waals surface area contributed by atoms with Crippen LogP contribution in [0.2, 0.25) is 5.02 Å². The van der Waals surface area contributed by atoms with Crippen LogP contribution in [-0.4, -0.2) is 21.0 Å². The van der Waals surface area contributed by atoms with E-state index < -0.39 is 5.97 Å². The molecular weight excluding hydrogens is 266 g/mol. The largest absolute Gasteiger partial charge is 0.478 e. The molecule has 0 aliphatic rings. The lowest BCUT2D eigenvalue weighted by Crippen LogP contribution is -1.97. The van der Waals surface area contributed by atoms with Crippen LogP contribution >= 0.6 is 11.6 Å². The van der Waals surface area contributed by atoms with Gasteiger partial charge >= 0.3 is 5.97 Å². The standard InChI is InChI=1S/C13H10ClN3O2/c14-10-3-1-2-4-11(10)17-13-15-7-9(8-16-13)5-6-12(18)19/h1-8H,(H,18,19)(H,15,16,17)/b6-5+. The van der Waals surface area contributed by atoms with E-state index in [2.05, 4.69) is 15.3 Å². The van der Waals surface area contributed by atoms with E-state index in [4.69, 9.17) is 16.7 Å². The molecular formula is C13H10ClN3O2. The van der Waals surface area contributed by atoms with E-state index in [1.807, 2.05) is 18.2 Å². The molecule has 0 saturated carbocycles. The van der Waals surface area contributed by atoms with Crippen molar-refractivity contribution in [1.29, 1.82) is 0 Å². The molecule has 0 aliphatic heterocycles. The number of carboxylic acids is 1. The molecule has 19 heavy (non-hydrogen) atoms. The Balaban J connectivity index is 2.11. The molecule has 0 amide bonds. The monoisotopic (exact) mass is 275 g/mol. The second-order valence-corrected chi connectivity index (χ2v) is 4.02. The molecule has 0 fully saturated rings. The number of anilines is 2. The summed E-state index contributed by atoms with van der Waals surface area (Å²) in [7, 11) is 0. The van der Waals surface area contributed by atoms with Gasteiger partial charge in [-0.25, -0.2) is 14.8 Å². The fourth-order valence-electron chi connectivity index (χ4n) is 1.34. The van der Waals surface area contributed by atoms with E-state index in [0.717, 1.165) is 6.08 Å². The molecule has 0 radical (unpaired) electrons. The number of carboxylic acid groups (broad SMARTS) is 1. The van der Waals surface area contributed by atoms with Crippen molar-refractivity contribution >= 4 is 35.3 Å². The first-order chi connectivity index (χ1) is 9.15. The highest BCUT2D eigenvalue weighted by molar-refractivity contribution is 6.33. The van der Waals surface area contributed by atoms with Crippen molar-refractivity contribution in [3.8, 4) is 0 Å². The lowest BCUT2D eigenvalue weighted by Gasteiger charge is -2.05. The van der Waals surface area contributed by atoms with E-state index in [9.17, 15) is 4.79 Å². The van der Waals surface area contributed by atoms with Gasteiger partial charge in [0.2, 0.25) is 5.95 Å². The second-order valence-electron chi connectivity index (χ2n) is 3.62. The maximum Gasteiger partial charge on any atom is 0.328 e. The van der Waals surface area contributed by atoms with Gasteiger partial charge in [-0.15, -0.1) is 0 Å². The third kappa shape index (κ3) is 3.79. The van der Waals surface area contributed by atoms with Crippen molar-refractivity contribution in [2.75, 3.05) is 5.32 Å². The third-order valence-corrected chi connectivity index (χ3v) is 2.54. The average molecular weight is 276 g/mol. The van der Waals surface area contributed by atoms with Crippen LogP contribution in [0.4, 0.5) is 11.6 Å². The number of carbonyl (C=O) groups is 1. The first kappa shape index (κ1) is 13.0. The molecule has 1 heterocycles. The topological polar surface area (TPSA) is 75.1 Å². The summed E-state index contributed by atoms with van der Waals surface area (Å²) in [5, 5.41) is 12.0. The summed E-state index contributed by atoms with van der Waals surface area (Å²) in [4.78, 5) is 18.5. The Kier molecular flexibility index (Phi) is 4.10. The van der Waals surface area contributed by atoms with Crippen molar-refractivity contribution in [2.45, 2.75) is 0 Å². The zero-order valence-corrected chi connectivity index (χ0v) is 10.5. The SMILES string of the molecule is O=C(O)/C=C/c1cnc(Nc2ccccc2Cl)nc1. The van der Waals surface area contributed by atoms with Gasteiger partial charge in [0.25, 0.3) is 0 Å². The number of nitrogens with one attached hydrogen (secondary N) is 1. The van der Waals surface area contributed by atoms with Crippen LogP contribution in [0.25, 0.3) is 6.08 Å². The van der Waals surface area contributed by atoms with E-state index in [1.165, 1.54) is 18.5 Å². The number of halogens is 1. The van der Waals surface area contributed by atoms with Gasteiger partial charge in [0.15, 0.2) is 0 Å². The van der Waals surface area contributed by atoms with E-state index >= 15 is 0 Å². The van der Waals surface area contributed by atoms with Crippen LogP contribution in [0.1, 0.15) is 5.56 Å². The summed E-state index contributed by atoms with van der Waals surface area (Å²) < 4.78 is 0. The Hall–Kier alpha value is -2.40. The smallest absolute Gasteiger partial charge is 0.328 e. The Morgan fingerprint density at radius 1 is 1.26 bits per heavy atom. The quantitative estimate of drug-likeness (QED) is 0.839. The van der Waals surface area contributed by atoms with Crippen molar-refractivity contribution in [2.24, 2.45) is 0 Å². The number of para-hydroxylation sites is 1. The summed E-state index contributed by atoms with van der Waals surface area (Å²) in [5.74, 6) is -0.626. The van der Waals surface area contributed by atoms with Crippen LogP contribution < -0.4 is 5.32 Å². The summed E-state index contributed by atoms with van der Waals surface area (Å²) >= 11 is 6.00. The van der Waals surface area contributed by atoms with Crippen LogP contribution in [0.3, 0.4) is 0 Å². The maximum atomic E-state index is 10.4. The van der Waals surface area contributed by atoms with Crippen molar-refractivity contribution in [3.63, 3.8) is 0 Å². The fraction of sp³-hybridized carbons (Fsp3) is 0. The van der Waals surface area contributed by atoms with E-state index in [0.29, 0.717) is 22.2 Å². The van der Waals surface area contributed by atoms with Gasteiger partial charge in [0.05, 0.1) is 10.7 Å². The van der Waals surface area contributed by atoms with Gasteiger partial charge in [-0.2, -0.15) is 0 Å². The highest BCUT2D eigenvalue weighted by Gasteiger charge is 2.01. The molecule has 96 valence electrons. The number of benzene rings is 1. The zero-order chi connectivity index (χ0) is 13.7. The Morgan fingerprint density at radius 2 is 1.95 bits per heavy atom. The van der Waals surface area contributed by atoms with Crippen LogP contribution in [0.15, 0.2) is 42.7 Å². The summed E-state index contributed by atoms with van der Waals surface area (Å²) in [6.07, 6.45) is 5.48. The van der Waals surface area contributed by atoms with Crippen LogP contribution in [0.5, 0.6) is 0 Å². The lowest BCUT2D eigenvalue weighted by molar-refractivity contribution is -0.131. The number of nitrogens with zero attached hydrogens (tertiary/aromatic N) is 2. The minimum Gasteiger partial charge on any atom is -0.478 e. The number of rotatable bonds is 4. The fourth-order valence-corrected chi connectivity index (χ4v) is 1.52. The summed E-state index contributed by atoms with van der Waals surface area (Å²) in [6, 6.07) is 7.24. The van der Waals surface area contributed by atoms with Crippen molar-refractivity contribution in [3.05, 3.63) is 53.3 Å². The number of hydrogen-bond donors (Lipinski definition) is 2. The number of hydrogen-bond acceptors (Lipinski definition) is 4. The molecule has 2 aromatic rings. The molecule has 0 saturated heterocycles. The molecule has 0 bridgehead atoms. The maximum absolute atomic E-state index is 10.4. The van der Waals surface area contributed by atoms with Gasteiger partial charge in [-0.3, -0.25) is 0 Å². The Morgan fingerprint density at radius 3 is 2.58 bits per heavy atom. The molecule has 2 N–H and O–H groups in total. The molecule has 0 atom stereocenters. The summed E-state index contributed by atoms with van der Waals surface area (Å²) in [5.41, 5.74) is 1.31. The zero-order valence-electron chi connectivity index (χ0n) is 9.75. The van der Waals surface area contributed by atoms with Gasteiger partial charge in [0, 0.05) is 24.0 Å². The van der Waals surface area contributed by atoms with Gasteiger partial charge in [-0.1, -0.05) is 23.7 Å². The van der Waals surface area contributed by atoms with Crippen LogP contribution in [-0.2, 0) is 4.79 Å². The normalized spacial score (nSPS) is 10.6. The van der Waals surface area contributed by atoms with Gasteiger partial charge in [0.1, 0.15) is 0 Å². The van der Waals surface area contributed by atoms with Crippen LogP contribution in [0, 0.1) is 0 Å². The minimum absolute atomic E-state index is 0.389. The lowest BCUT2D eigenvalue weighted by atomic mass is 10.3. The highest BCUT2D eigenvalue weighted by atomic mass is 35.5. The first-order valence-electron chi connectivity index (χ1n) is 5.40. The van der Waals surface area contributed by atoms with E-state index in [1.54, 1.807) is 6.07 Å². The molecule has 6 heteroatoms. The van der Waals surface area contributed by atoms with Gasteiger partial charge < -0.3 is 10.4 Å². The van der Waals surface area contributed by atoms with Gasteiger partial charge in [-0.05, 0) is 18.2 Å². The third-order valence-electron chi connectivity index (χ3n) is 2.21. The summed E-state index contributed by atoms with van der Waals surface area (Å²) in [6.45, 7) is 0. The van der Waals surface area contributed by atoms with Crippen molar-refractivity contribution < 1.29 is 9.90 Å². The number of aromatic nitrogens is 2. The first-order valence-corrected chi connectivity index (χ1v) is 5.77. The molecule has 1 aromatic carbocycles. The molecule has 2 rings (SSSR count). The number of aliphatic carboxylic acids is 1. The molecule has 0 unspecified atom stereocenters. The highest BCUT2D eigenvalue weighted by Crippen LogP contribution is 2.22. The predicted molar refractivity (Wildman–Crippen MR) is 73.4 cm³/mol. The predicted octanol–water partition coefficient (Wildman–Crippen LogP) is 2.97. The van der Waals surface area contributed by atoms with E-state index in [-0.39, 0.29) is 0 Å². The molecule has 0 spiro atoms. The minimum atomic E-state index is -1.02. The second kappa shape index (κ2) is 5.97. The molecule has 1 aromatic heterocycles. The van der Waals surface area contributed by atoms with Crippen molar-refractivity contribution in [1.82, 2.24) is 9.97 Å².